The zero-order valence-corrected chi connectivity index (χ0v) is 16.9. The number of hydrogen-bond donors (Lipinski definition) is 0. The molecule has 156 valence electrons. The van der Waals surface area contributed by atoms with Gasteiger partial charge in [-0.25, -0.2) is 14.2 Å². The van der Waals surface area contributed by atoms with Gasteiger partial charge in [0.15, 0.2) is 0 Å². The largest absolute Gasteiger partial charge is 0.444 e. The van der Waals surface area contributed by atoms with Crippen molar-refractivity contribution in [2.75, 3.05) is 24.5 Å². The molecule has 0 N–H and O–H groups in total. The predicted molar refractivity (Wildman–Crippen MR) is 103 cm³/mol. The number of benzene rings is 1. The maximum Gasteiger partial charge on any atom is 0.410 e. The number of carbonyl (C=O) groups is 1. The monoisotopic (exact) mass is 406 g/mol. The summed E-state index contributed by atoms with van der Waals surface area (Å²) in [5.41, 5.74) is -0.565. The molecule has 0 spiro atoms. The lowest BCUT2D eigenvalue weighted by molar-refractivity contribution is 0.0218. The number of amides is 1. The van der Waals surface area contributed by atoms with E-state index in [1.807, 2.05) is 32.6 Å². The molecule has 1 amide bonds. The first-order valence-electron chi connectivity index (χ1n) is 9.33. The Morgan fingerprint density at radius 2 is 1.86 bits per heavy atom. The minimum Gasteiger partial charge on any atom is -0.444 e. The van der Waals surface area contributed by atoms with Crippen molar-refractivity contribution in [3.8, 4) is 11.6 Å². The fourth-order valence-corrected chi connectivity index (χ4v) is 2.91. The van der Waals surface area contributed by atoms with Gasteiger partial charge in [-0.3, -0.25) is 0 Å². The maximum atomic E-state index is 14.1. The molecule has 0 radical (unpaired) electrons. The van der Waals surface area contributed by atoms with Crippen LogP contribution in [0.1, 0.15) is 27.7 Å². The topological polar surface area (TPSA) is 67.8 Å². The zero-order valence-electron chi connectivity index (χ0n) is 16.9. The molecule has 2 aromatic rings. The molecular weight excluding hydrogens is 382 g/mol. The molecule has 29 heavy (non-hydrogen) atoms. The van der Waals surface area contributed by atoms with E-state index in [-0.39, 0.29) is 23.8 Å². The van der Waals surface area contributed by atoms with Gasteiger partial charge in [-0.2, -0.15) is 9.37 Å². The Labute approximate surface area is 168 Å². The Balaban J connectivity index is 1.71. The summed E-state index contributed by atoms with van der Waals surface area (Å²) in [4.78, 5) is 24.0. The van der Waals surface area contributed by atoms with Gasteiger partial charge in [0.1, 0.15) is 17.2 Å². The number of rotatable bonds is 3. The van der Waals surface area contributed by atoms with Crippen molar-refractivity contribution in [1.29, 1.82) is 0 Å². The Hall–Kier alpha value is -2.97. The van der Waals surface area contributed by atoms with Crippen molar-refractivity contribution < 1.29 is 23.0 Å². The zero-order chi connectivity index (χ0) is 21.2. The highest BCUT2D eigenvalue weighted by molar-refractivity contribution is 5.68. The van der Waals surface area contributed by atoms with E-state index in [1.54, 1.807) is 4.90 Å². The van der Waals surface area contributed by atoms with Gasteiger partial charge in [-0.1, -0.05) is 0 Å². The molecule has 0 aliphatic carbocycles. The molecule has 1 aromatic carbocycles. The number of aromatic nitrogens is 2. The minimum absolute atomic E-state index is 0.111. The van der Waals surface area contributed by atoms with E-state index in [0.717, 1.165) is 6.20 Å². The van der Waals surface area contributed by atoms with Gasteiger partial charge in [0.05, 0.1) is 6.20 Å². The summed E-state index contributed by atoms with van der Waals surface area (Å²) < 4.78 is 38.0. The van der Waals surface area contributed by atoms with Crippen LogP contribution in [0.15, 0.2) is 30.5 Å². The summed E-state index contributed by atoms with van der Waals surface area (Å²) in [6.07, 6.45) is 0.665. The second kappa shape index (κ2) is 8.18. The molecule has 1 saturated heterocycles. The number of hydrogen-bond acceptors (Lipinski definition) is 6. The van der Waals surface area contributed by atoms with E-state index < -0.39 is 17.2 Å². The number of ether oxygens (including phenoxy) is 2. The van der Waals surface area contributed by atoms with E-state index in [2.05, 4.69) is 9.97 Å². The van der Waals surface area contributed by atoms with Crippen LogP contribution in [-0.2, 0) is 4.74 Å². The standard InChI is InChI=1S/C20H24F2N4O3/c1-13-12-25(19(27)29-20(2,3)4)9-10-26(13)18-23-11-16(22)17(24-18)28-15-7-5-14(21)6-8-15/h5-8,11,13H,9-10,12H2,1-4H3/t13-/m1/s1. The molecule has 1 aromatic heterocycles. The van der Waals surface area contributed by atoms with Crippen LogP contribution >= 0.6 is 0 Å². The molecule has 1 aliphatic heterocycles. The summed E-state index contributed by atoms with van der Waals surface area (Å²) in [5.74, 6) is -0.836. The third kappa shape index (κ3) is 5.30. The molecule has 0 unspecified atom stereocenters. The van der Waals surface area contributed by atoms with Crippen LogP contribution in [0, 0.1) is 11.6 Å². The lowest BCUT2D eigenvalue weighted by Crippen LogP contribution is -2.55. The molecule has 0 saturated carbocycles. The Morgan fingerprint density at radius 1 is 1.17 bits per heavy atom. The van der Waals surface area contributed by atoms with E-state index in [1.165, 1.54) is 24.3 Å². The SMILES string of the molecule is C[C@@H]1CN(C(=O)OC(C)(C)C)CCN1c1ncc(F)c(Oc2ccc(F)cc2)n1. The highest BCUT2D eigenvalue weighted by Gasteiger charge is 2.31. The van der Waals surface area contributed by atoms with Crippen LogP contribution in [0.2, 0.25) is 0 Å². The van der Waals surface area contributed by atoms with Crippen LogP contribution in [0.5, 0.6) is 11.6 Å². The van der Waals surface area contributed by atoms with Crippen molar-refractivity contribution in [3.05, 3.63) is 42.1 Å². The third-order valence-corrected chi connectivity index (χ3v) is 4.26. The average Bonchev–Trinajstić information content (AvgIpc) is 2.64. The molecule has 9 heteroatoms. The lowest BCUT2D eigenvalue weighted by atomic mass is 10.2. The van der Waals surface area contributed by atoms with E-state index in [4.69, 9.17) is 9.47 Å². The van der Waals surface area contributed by atoms with Gasteiger partial charge >= 0.3 is 6.09 Å². The second-order valence-corrected chi connectivity index (χ2v) is 7.85. The summed E-state index contributed by atoms with van der Waals surface area (Å²) in [5, 5.41) is 0. The van der Waals surface area contributed by atoms with Gasteiger partial charge in [0.25, 0.3) is 5.88 Å². The molecular formula is C20H24F2N4O3. The van der Waals surface area contributed by atoms with Crippen LogP contribution < -0.4 is 9.64 Å². The number of nitrogens with zero attached hydrogens (tertiary/aromatic N) is 4. The number of piperazine rings is 1. The first-order valence-corrected chi connectivity index (χ1v) is 9.33. The summed E-state index contributed by atoms with van der Waals surface area (Å²) >= 11 is 0. The highest BCUT2D eigenvalue weighted by atomic mass is 19.1. The molecule has 1 fully saturated rings. The quantitative estimate of drug-likeness (QED) is 0.768. The average molecular weight is 406 g/mol. The van der Waals surface area contributed by atoms with E-state index in [9.17, 15) is 13.6 Å². The normalized spacial score (nSPS) is 17.2. The third-order valence-electron chi connectivity index (χ3n) is 4.26. The smallest absolute Gasteiger partial charge is 0.410 e. The van der Waals surface area contributed by atoms with Crippen LogP contribution in [0.3, 0.4) is 0 Å². The lowest BCUT2D eigenvalue weighted by Gasteiger charge is -2.40. The Bertz CT molecular complexity index is 871. The van der Waals surface area contributed by atoms with Crippen LogP contribution in [0.25, 0.3) is 0 Å². The number of halogens is 2. The van der Waals surface area contributed by atoms with E-state index >= 15 is 0 Å². The van der Waals surface area contributed by atoms with Gasteiger partial charge in [0, 0.05) is 25.7 Å². The van der Waals surface area contributed by atoms with Gasteiger partial charge in [-0.15, -0.1) is 0 Å². The van der Waals surface area contributed by atoms with Gasteiger partial charge < -0.3 is 19.3 Å². The predicted octanol–water partition coefficient (Wildman–Crippen LogP) is 3.99. The fraction of sp³-hybridized carbons (Fsp3) is 0.450. The summed E-state index contributed by atoms with van der Waals surface area (Å²) in [6, 6.07) is 5.10. The molecule has 3 rings (SSSR count). The first-order chi connectivity index (χ1) is 13.6. The molecule has 7 nitrogen and oxygen atoms in total. The Morgan fingerprint density at radius 3 is 2.48 bits per heavy atom. The maximum absolute atomic E-state index is 14.1. The highest BCUT2D eigenvalue weighted by Crippen LogP contribution is 2.26. The van der Waals surface area contributed by atoms with Crippen molar-refractivity contribution >= 4 is 12.0 Å². The summed E-state index contributed by atoms with van der Waals surface area (Å²) in [7, 11) is 0. The van der Waals surface area contributed by atoms with Gasteiger partial charge in [0.2, 0.25) is 11.8 Å². The minimum atomic E-state index is -0.724. The van der Waals surface area contributed by atoms with Crippen LogP contribution in [0.4, 0.5) is 19.5 Å². The second-order valence-electron chi connectivity index (χ2n) is 7.85. The van der Waals surface area contributed by atoms with Gasteiger partial charge in [-0.05, 0) is 52.0 Å². The van der Waals surface area contributed by atoms with Crippen molar-refractivity contribution in [3.63, 3.8) is 0 Å². The first kappa shape index (κ1) is 20.8. The molecule has 0 bridgehead atoms. The van der Waals surface area contributed by atoms with E-state index in [0.29, 0.717) is 25.6 Å². The number of anilines is 1. The molecule has 1 aliphatic rings. The summed E-state index contributed by atoms with van der Waals surface area (Å²) in [6.45, 7) is 8.68. The van der Waals surface area contributed by atoms with Crippen molar-refractivity contribution in [1.82, 2.24) is 14.9 Å². The van der Waals surface area contributed by atoms with Crippen molar-refractivity contribution in [2.45, 2.75) is 39.3 Å². The van der Waals surface area contributed by atoms with Crippen molar-refractivity contribution in [2.24, 2.45) is 0 Å². The molecule has 2 heterocycles. The van der Waals surface area contributed by atoms with Crippen LogP contribution in [-0.4, -0.2) is 52.2 Å². The molecule has 1 atom stereocenters. The number of carbonyl (C=O) groups excluding carboxylic acids is 1. The fourth-order valence-electron chi connectivity index (χ4n) is 2.91. The Kier molecular flexibility index (Phi) is 5.86.